The second-order valence-electron chi connectivity index (χ2n) is 6.45. The summed E-state index contributed by atoms with van der Waals surface area (Å²) in [5.74, 6) is -2.14. The summed E-state index contributed by atoms with van der Waals surface area (Å²) in [5.41, 5.74) is 0.137. The number of hydrogen-bond acceptors (Lipinski definition) is 4. The number of morpholine rings is 1. The minimum atomic E-state index is -1.02. The summed E-state index contributed by atoms with van der Waals surface area (Å²) in [4.78, 5) is 16.4. The molecule has 0 spiro atoms. The molecule has 5 nitrogen and oxygen atoms in total. The summed E-state index contributed by atoms with van der Waals surface area (Å²) in [7, 11) is 0. The molecule has 1 N–H and O–H groups in total. The summed E-state index contributed by atoms with van der Waals surface area (Å²) in [6.07, 6.45) is 0. The van der Waals surface area contributed by atoms with Crippen molar-refractivity contribution in [2.45, 2.75) is 0 Å². The van der Waals surface area contributed by atoms with Gasteiger partial charge in [-0.25, -0.2) is 8.78 Å². The van der Waals surface area contributed by atoms with Crippen molar-refractivity contribution in [1.82, 2.24) is 9.80 Å². The molecule has 0 bridgehead atoms. The van der Waals surface area contributed by atoms with Gasteiger partial charge in [-0.05, 0) is 24.1 Å². The molecule has 7 heteroatoms. The molecule has 1 aromatic rings. The number of rotatable bonds is 4. The van der Waals surface area contributed by atoms with E-state index in [0.717, 1.165) is 31.8 Å². The van der Waals surface area contributed by atoms with Crippen LogP contribution in [-0.2, 0) is 4.74 Å². The fourth-order valence-electron chi connectivity index (χ4n) is 3.45. The number of carbonyl (C=O) groups is 1. The van der Waals surface area contributed by atoms with Gasteiger partial charge >= 0.3 is 0 Å². The van der Waals surface area contributed by atoms with Crippen LogP contribution in [0.4, 0.5) is 8.78 Å². The SMILES string of the molecule is O=C(c1ccc(F)c(F)c1)N1C[C@@H](CO)[C@@H](CN2CCOCC2)C1. The van der Waals surface area contributed by atoms with Gasteiger partial charge in [-0.15, -0.1) is 0 Å². The molecule has 2 aliphatic rings. The van der Waals surface area contributed by atoms with Crippen molar-refractivity contribution in [2.24, 2.45) is 11.8 Å². The molecule has 1 amide bonds. The molecule has 2 saturated heterocycles. The van der Waals surface area contributed by atoms with Crippen molar-refractivity contribution < 1.29 is 23.4 Å². The summed E-state index contributed by atoms with van der Waals surface area (Å²) >= 11 is 0. The molecule has 132 valence electrons. The number of carbonyl (C=O) groups excluding carboxylic acids is 1. The Morgan fingerprint density at radius 1 is 1.17 bits per heavy atom. The van der Waals surface area contributed by atoms with Crippen molar-refractivity contribution in [1.29, 1.82) is 0 Å². The third kappa shape index (κ3) is 3.74. The molecule has 3 rings (SSSR count). The van der Waals surface area contributed by atoms with Crippen LogP contribution in [0.2, 0.25) is 0 Å². The average molecular weight is 340 g/mol. The minimum Gasteiger partial charge on any atom is -0.396 e. The molecule has 2 aliphatic heterocycles. The van der Waals surface area contributed by atoms with E-state index in [1.807, 2.05) is 0 Å². The molecule has 0 aliphatic carbocycles. The van der Waals surface area contributed by atoms with Crippen molar-refractivity contribution in [3.8, 4) is 0 Å². The van der Waals surface area contributed by atoms with Crippen LogP contribution >= 0.6 is 0 Å². The van der Waals surface area contributed by atoms with Crippen molar-refractivity contribution in [2.75, 3.05) is 52.5 Å². The summed E-state index contributed by atoms with van der Waals surface area (Å²) in [6.45, 7) is 4.87. The van der Waals surface area contributed by atoms with E-state index < -0.39 is 11.6 Å². The standard InChI is InChI=1S/C17H22F2N2O3/c18-15-2-1-12(7-16(15)19)17(23)21-9-13(14(10-21)11-22)8-20-3-5-24-6-4-20/h1-2,7,13-14,22H,3-6,8-11H2/t13-,14-/m0/s1. The van der Waals surface area contributed by atoms with Crippen LogP contribution in [0.1, 0.15) is 10.4 Å². The Hall–Kier alpha value is -1.57. The lowest BCUT2D eigenvalue weighted by atomic mass is 9.96. The Labute approximate surface area is 139 Å². The van der Waals surface area contributed by atoms with Gasteiger partial charge in [-0.3, -0.25) is 9.69 Å². The highest BCUT2D eigenvalue weighted by molar-refractivity contribution is 5.94. The van der Waals surface area contributed by atoms with Crippen LogP contribution in [0, 0.1) is 23.5 Å². The summed E-state index contributed by atoms with van der Waals surface area (Å²) in [6, 6.07) is 3.19. The van der Waals surface area contributed by atoms with Gasteiger partial charge in [0.1, 0.15) is 0 Å². The molecule has 24 heavy (non-hydrogen) atoms. The van der Waals surface area contributed by atoms with Crippen LogP contribution in [0.5, 0.6) is 0 Å². The van der Waals surface area contributed by atoms with Crippen molar-refractivity contribution in [3.05, 3.63) is 35.4 Å². The fourth-order valence-corrected chi connectivity index (χ4v) is 3.45. The molecule has 0 aromatic heterocycles. The van der Waals surface area contributed by atoms with E-state index in [0.29, 0.717) is 26.3 Å². The molecule has 0 saturated carbocycles. The first-order chi connectivity index (χ1) is 11.6. The van der Waals surface area contributed by atoms with Gasteiger partial charge in [-0.1, -0.05) is 0 Å². The van der Waals surface area contributed by atoms with E-state index in [9.17, 15) is 18.7 Å². The van der Waals surface area contributed by atoms with Crippen molar-refractivity contribution in [3.63, 3.8) is 0 Å². The predicted molar refractivity (Wildman–Crippen MR) is 83.6 cm³/mol. The Morgan fingerprint density at radius 2 is 1.88 bits per heavy atom. The molecule has 2 heterocycles. The number of aliphatic hydroxyl groups is 1. The lowest BCUT2D eigenvalue weighted by Crippen LogP contribution is -2.41. The summed E-state index contributed by atoms with van der Waals surface area (Å²) < 4.78 is 31.7. The monoisotopic (exact) mass is 340 g/mol. The topological polar surface area (TPSA) is 53.0 Å². The molecule has 2 fully saturated rings. The number of benzene rings is 1. The predicted octanol–water partition coefficient (Wildman–Crippen LogP) is 0.978. The van der Waals surface area contributed by atoms with Crippen LogP contribution in [0.3, 0.4) is 0 Å². The third-order valence-electron chi connectivity index (χ3n) is 4.86. The average Bonchev–Trinajstić information content (AvgIpc) is 3.00. The highest BCUT2D eigenvalue weighted by Crippen LogP contribution is 2.26. The highest BCUT2D eigenvalue weighted by Gasteiger charge is 2.36. The molecule has 0 unspecified atom stereocenters. The Morgan fingerprint density at radius 3 is 2.54 bits per heavy atom. The van der Waals surface area contributed by atoms with Gasteiger partial charge in [0.25, 0.3) is 5.91 Å². The molecule has 0 radical (unpaired) electrons. The van der Waals surface area contributed by atoms with Gasteiger partial charge < -0.3 is 14.7 Å². The number of nitrogens with zero attached hydrogens (tertiary/aromatic N) is 2. The Balaban J connectivity index is 1.66. The Kier molecular flexibility index (Phi) is 5.43. The quantitative estimate of drug-likeness (QED) is 0.888. The van der Waals surface area contributed by atoms with Crippen LogP contribution in [-0.4, -0.2) is 73.4 Å². The number of ether oxygens (including phenoxy) is 1. The van der Waals surface area contributed by atoms with Crippen molar-refractivity contribution >= 4 is 5.91 Å². The van der Waals surface area contributed by atoms with E-state index in [2.05, 4.69) is 4.90 Å². The first-order valence-electron chi connectivity index (χ1n) is 8.23. The van der Waals surface area contributed by atoms with Crippen LogP contribution in [0.25, 0.3) is 0 Å². The minimum absolute atomic E-state index is 0.00194. The lowest BCUT2D eigenvalue weighted by molar-refractivity contribution is 0.0264. The Bertz CT molecular complexity index is 593. The second-order valence-corrected chi connectivity index (χ2v) is 6.45. The van der Waals surface area contributed by atoms with Gasteiger partial charge in [0.05, 0.1) is 13.2 Å². The normalized spacial score (nSPS) is 25.2. The number of aliphatic hydroxyl groups excluding tert-OH is 1. The maximum Gasteiger partial charge on any atom is 0.253 e. The third-order valence-corrected chi connectivity index (χ3v) is 4.86. The van der Waals surface area contributed by atoms with Crippen LogP contribution in [0.15, 0.2) is 18.2 Å². The van der Waals surface area contributed by atoms with E-state index in [-0.39, 0.29) is 29.9 Å². The molecule has 1 aromatic carbocycles. The number of hydrogen-bond donors (Lipinski definition) is 1. The fraction of sp³-hybridized carbons (Fsp3) is 0.588. The largest absolute Gasteiger partial charge is 0.396 e. The second kappa shape index (κ2) is 7.55. The van der Waals surface area contributed by atoms with Gasteiger partial charge in [0, 0.05) is 50.8 Å². The van der Waals surface area contributed by atoms with E-state index in [1.54, 1.807) is 4.90 Å². The zero-order valence-electron chi connectivity index (χ0n) is 13.5. The first-order valence-corrected chi connectivity index (χ1v) is 8.23. The lowest BCUT2D eigenvalue weighted by Gasteiger charge is -2.30. The molecular weight excluding hydrogens is 318 g/mol. The van der Waals surface area contributed by atoms with Crippen LogP contribution < -0.4 is 0 Å². The number of halogens is 2. The molecule has 2 atom stereocenters. The van der Waals surface area contributed by atoms with Gasteiger partial charge in [0.2, 0.25) is 0 Å². The van der Waals surface area contributed by atoms with Gasteiger partial charge in [-0.2, -0.15) is 0 Å². The number of amides is 1. The van der Waals surface area contributed by atoms with E-state index in [4.69, 9.17) is 4.74 Å². The number of likely N-dealkylation sites (tertiary alicyclic amines) is 1. The first kappa shape index (κ1) is 17.3. The zero-order valence-corrected chi connectivity index (χ0v) is 13.5. The van der Waals surface area contributed by atoms with E-state index >= 15 is 0 Å². The summed E-state index contributed by atoms with van der Waals surface area (Å²) in [5, 5.41) is 9.63. The molecular formula is C17H22F2N2O3. The maximum absolute atomic E-state index is 13.4. The van der Waals surface area contributed by atoms with E-state index in [1.165, 1.54) is 6.07 Å². The maximum atomic E-state index is 13.4. The highest BCUT2D eigenvalue weighted by atomic mass is 19.2. The zero-order chi connectivity index (χ0) is 17.1. The van der Waals surface area contributed by atoms with Gasteiger partial charge in [0.15, 0.2) is 11.6 Å². The smallest absolute Gasteiger partial charge is 0.253 e.